The van der Waals surface area contributed by atoms with E-state index < -0.39 is 0 Å². The molecule has 1 fully saturated rings. The van der Waals surface area contributed by atoms with Gasteiger partial charge in [-0.15, -0.1) is 5.10 Å². The minimum absolute atomic E-state index is 0.517. The average Bonchev–Trinajstić information content (AvgIpc) is 3.47. The zero-order valence-corrected chi connectivity index (χ0v) is 14.4. The molecule has 0 bridgehead atoms. The molecule has 128 valence electrons. The van der Waals surface area contributed by atoms with Crippen LogP contribution >= 0.6 is 0 Å². The molecular formula is C21H19N5. The van der Waals surface area contributed by atoms with Crippen molar-refractivity contribution in [2.24, 2.45) is 0 Å². The first kappa shape index (κ1) is 15.2. The van der Waals surface area contributed by atoms with Crippen LogP contribution in [-0.4, -0.2) is 24.7 Å². The maximum atomic E-state index is 4.86. The third kappa shape index (κ3) is 2.86. The highest BCUT2D eigenvalue weighted by Gasteiger charge is 2.29. The SMILES string of the molecule is c1cncc(CCc2nc(C3CC3)nn2-c2nccc3ccccc23)c1. The van der Waals surface area contributed by atoms with Crippen molar-refractivity contribution in [3.05, 3.63) is 78.3 Å². The van der Waals surface area contributed by atoms with Crippen molar-refractivity contribution < 1.29 is 0 Å². The molecule has 3 aromatic heterocycles. The summed E-state index contributed by atoms with van der Waals surface area (Å²) in [5.41, 5.74) is 1.21. The molecule has 0 radical (unpaired) electrons. The van der Waals surface area contributed by atoms with Gasteiger partial charge in [-0.2, -0.15) is 4.68 Å². The van der Waals surface area contributed by atoms with Crippen LogP contribution in [0.25, 0.3) is 16.6 Å². The standard InChI is InChI=1S/C21H19N5/c1-2-6-18-16(5-1)11-13-23-21(18)26-19(24-20(25-26)17-8-9-17)10-7-15-4-3-12-22-14-15/h1-6,11-14,17H,7-10H2. The third-order valence-electron chi connectivity index (χ3n) is 4.85. The first-order valence-corrected chi connectivity index (χ1v) is 9.07. The maximum absolute atomic E-state index is 4.86. The van der Waals surface area contributed by atoms with Crippen molar-refractivity contribution in [2.75, 3.05) is 0 Å². The summed E-state index contributed by atoms with van der Waals surface area (Å²) in [6.07, 6.45) is 9.65. The van der Waals surface area contributed by atoms with Gasteiger partial charge in [-0.1, -0.05) is 30.3 Å². The van der Waals surface area contributed by atoms with Gasteiger partial charge >= 0.3 is 0 Å². The van der Waals surface area contributed by atoms with Crippen LogP contribution in [-0.2, 0) is 12.8 Å². The Morgan fingerprint density at radius 1 is 0.962 bits per heavy atom. The molecule has 0 atom stereocenters. The van der Waals surface area contributed by atoms with Crippen LogP contribution in [0.1, 0.15) is 36.0 Å². The Labute approximate surface area is 151 Å². The van der Waals surface area contributed by atoms with E-state index in [-0.39, 0.29) is 0 Å². The van der Waals surface area contributed by atoms with Crippen LogP contribution in [0.3, 0.4) is 0 Å². The highest BCUT2D eigenvalue weighted by Crippen LogP contribution is 2.38. The number of hydrogen-bond donors (Lipinski definition) is 0. The number of rotatable bonds is 5. The Balaban J connectivity index is 1.56. The second kappa shape index (κ2) is 6.33. The lowest BCUT2D eigenvalue weighted by atomic mass is 10.1. The topological polar surface area (TPSA) is 56.5 Å². The van der Waals surface area contributed by atoms with Gasteiger partial charge in [0, 0.05) is 36.3 Å². The van der Waals surface area contributed by atoms with Crippen LogP contribution in [0.5, 0.6) is 0 Å². The van der Waals surface area contributed by atoms with Crippen molar-refractivity contribution in [1.29, 1.82) is 0 Å². The molecule has 0 aliphatic heterocycles. The lowest BCUT2D eigenvalue weighted by molar-refractivity contribution is 0.751. The Hall–Kier alpha value is -3.08. The molecule has 5 heteroatoms. The van der Waals surface area contributed by atoms with Gasteiger partial charge in [0.25, 0.3) is 0 Å². The third-order valence-corrected chi connectivity index (χ3v) is 4.85. The Morgan fingerprint density at radius 2 is 1.88 bits per heavy atom. The average molecular weight is 341 g/mol. The minimum atomic E-state index is 0.517. The van der Waals surface area contributed by atoms with E-state index in [0.717, 1.165) is 35.7 Å². The fourth-order valence-electron chi connectivity index (χ4n) is 3.28. The molecule has 0 spiro atoms. The van der Waals surface area contributed by atoms with E-state index in [9.17, 15) is 0 Å². The summed E-state index contributed by atoms with van der Waals surface area (Å²) < 4.78 is 1.95. The lowest BCUT2D eigenvalue weighted by Crippen LogP contribution is -2.07. The van der Waals surface area contributed by atoms with E-state index in [2.05, 4.69) is 28.2 Å². The van der Waals surface area contributed by atoms with E-state index in [1.54, 1.807) is 6.20 Å². The second-order valence-electron chi connectivity index (χ2n) is 6.79. The van der Waals surface area contributed by atoms with E-state index >= 15 is 0 Å². The van der Waals surface area contributed by atoms with Crippen LogP contribution < -0.4 is 0 Å². The van der Waals surface area contributed by atoms with Gasteiger partial charge in [-0.05, 0) is 42.3 Å². The number of pyridine rings is 2. The lowest BCUT2D eigenvalue weighted by Gasteiger charge is -2.08. The van der Waals surface area contributed by atoms with Gasteiger partial charge in [0.1, 0.15) is 5.82 Å². The highest BCUT2D eigenvalue weighted by atomic mass is 15.4. The molecular weight excluding hydrogens is 322 g/mol. The molecule has 0 amide bonds. The summed E-state index contributed by atoms with van der Waals surface area (Å²) in [5.74, 6) is 3.31. The van der Waals surface area contributed by atoms with Crippen molar-refractivity contribution in [1.82, 2.24) is 24.7 Å². The summed E-state index contributed by atoms with van der Waals surface area (Å²) >= 11 is 0. The number of aromatic nitrogens is 5. The largest absolute Gasteiger partial charge is 0.264 e. The summed E-state index contributed by atoms with van der Waals surface area (Å²) in [6, 6.07) is 14.4. The van der Waals surface area contributed by atoms with E-state index in [1.165, 1.54) is 23.8 Å². The van der Waals surface area contributed by atoms with Crippen molar-refractivity contribution in [3.8, 4) is 5.82 Å². The normalized spacial score (nSPS) is 14.0. The van der Waals surface area contributed by atoms with Gasteiger partial charge < -0.3 is 0 Å². The van der Waals surface area contributed by atoms with Crippen molar-refractivity contribution >= 4 is 10.8 Å². The smallest absolute Gasteiger partial charge is 0.163 e. The molecule has 0 N–H and O–H groups in total. The summed E-state index contributed by atoms with van der Waals surface area (Å²) in [4.78, 5) is 13.7. The first-order valence-electron chi connectivity index (χ1n) is 9.07. The number of fused-ring (bicyclic) bond motifs is 1. The summed E-state index contributed by atoms with van der Waals surface area (Å²) in [5, 5.41) is 7.10. The molecule has 26 heavy (non-hydrogen) atoms. The Bertz CT molecular complexity index is 1050. The fourth-order valence-corrected chi connectivity index (χ4v) is 3.28. The molecule has 5 rings (SSSR count). The van der Waals surface area contributed by atoms with E-state index in [4.69, 9.17) is 10.1 Å². The Kier molecular flexibility index (Phi) is 3.70. The molecule has 0 saturated heterocycles. The molecule has 1 aromatic carbocycles. The highest BCUT2D eigenvalue weighted by molar-refractivity contribution is 5.88. The van der Waals surface area contributed by atoms with Crippen LogP contribution in [0.15, 0.2) is 61.1 Å². The zero-order chi connectivity index (χ0) is 17.3. The second-order valence-corrected chi connectivity index (χ2v) is 6.79. The van der Waals surface area contributed by atoms with Gasteiger partial charge in [-0.3, -0.25) is 4.98 Å². The molecule has 4 aromatic rings. The molecule has 1 aliphatic carbocycles. The van der Waals surface area contributed by atoms with E-state index in [1.807, 2.05) is 41.3 Å². The monoisotopic (exact) mass is 341 g/mol. The van der Waals surface area contributed by atoms with Gasteiger partial charge in [0.05, 0.1) is 0 Å². The number of hydrogen-bond acceptors (Lipinski definition) is 4. The van der Waals surface area contributed by atoms with Gasteiger partial charge in [0.2, 0.25) is 0 Å². The first-order chi connectivity index (χ1) is 12.9. The Morgan fingerprint density at radius 3 is 2.73 bits per heavy atom. The molecule has 0 unspecified atom stereocenters. The summed E-state index contributed by atoms with van der Waals surface area (Å²) in [6.45, 7) is 0. The van der Waals surface area contributed by atoms with Gasteiger partial charge in [-0.25, -0.2) is 9.97 Å². The summed E-state index contributed by atoms with van der Waals surface area (Å²) in [7, 11) is 0. The molecule has 1 aliphatic rings. The van der Waals surface area contributed by atoms with Crippen molar-refractivity contribution in [3.63, 3.8) is 0 Å². The van der Waals surface area contributed by atoms with Crippen LogP contribution in [0.2, 0.25) is 0 Å². The zero-order valence-electron chi connectivity index (χ0n) is 14.4. The maximum Gasteiger partial charge on any atom is 0.163 e. The van der Waals surface area contributed by atoms with E-state index in [0.29, 0.717) is 5.92 Å². The molecule has 3 heterocycles. The van der Waals surface area contributed by atoms with Crippen LogP contribution in [0.4, 0.5) is 0 Å². The minimum Gasteiger partial charge on any atom is -0.264 e. The molecule has 5 nitrogen and oxygen atoms in total. The number of aryl methyl sites for hydroxylation is 2. The predicted molar refractivity (Wildman–Crippen MR) is 100 cm³/mol. The number of nitrogens with zero attached hydrogens (tertiary/aromatic N) is 5. The van der Waals surface area contributed by atoms with Gasteiger partial charge in [0.15, 0.2) is 11.6 Å². The quantitative estimate of drug-likeness (QED) is 0.553. The number of benzene rings is 1. The van der Waals surface area contributed by atoms with Crippen molar-refractivity contribution in [2.45, 2.75) is 31.6 Å². The molecule has 1 saturated carbocycles. The predicted octanol–water partition coefficient (Wildman–Crippen LogP) is 3.87. The fraction of sp³-hybridized carbons (Fsp3) is 0.238. The van der Waals surface area contributed by atoms with Crippen LogP contribution in [0, 0.1) is 0 Å².